The van der Waals surface area contributed by atoms with Gasteiger partial charge in [0.25, 0.3) is 0 Å². The van der Waals surface area contributed by atoms with Crippen LogP contribution in [0.1, 0.15) is 0 Å². The highest BCUT2D eigenvalue weighted by atomic mass is 127. The summed E-state index contributed by atoms with van der Waals surface area (Å²) >= 11 is 0. The molecule has 3 N–H and O–H groups in total. The Hall–Kier alpha value is -0.170. The lowest BCUT2D eigenvalue weighted by atomic mass is 11.6. The molecule has 0 atom stereocenters. The fourth-order valence-electron chi connectivity index (χ4n) is 0. The highest BCUT2D eigenvalue weighted by molar-refractivity contribution is 14.0. The molecule has 0 aromatic carbocycles. The van der Waals surface area contributed by atoms with Gasteiger partial charge in [-0.15, -0.1) is 24.0 Å². The molecule has 0 aromatic heterocycles. The zero-order valence-electron chi connectivity index (χ0n) is 10.3. The predicted molar refractivity (Wildman–Crippen MR) is 68.2 cm³/mol. The van der Waals surface area contributed by atoms with Gasteiger partial charge in [0, 0.05) is 0 Å². The van der Waals surface area contributed by atoms with Gasteiger partial charge >= 0.3 is 46.9 Å². The lowest BCUT2D eigenvalue weighted by molar-refractivity contribution is -0.0514. The van der Waals surface area contributed by atoms with Gasteiger partial charge in [0.1, 0.15) is 0 Å². The molecule has 0 fully saturated rings. The summed E-state index contributed by atoms with van der Waals surface area (Å²) in [7, 11) is -17.5. The second-order valence-corrected chi connectivity index (χ2v) is 7.00. The van der Waals surface area contributed by atoms with Crippen LogP contribution in [-0.2, 0) is 30.4 Å². The van der Waals surface area contributed by atoms with Crippen molar-refractivity contribution in [2.45, 2.75) is 16.5 Å². The molecular weight excluding hydrogens is 574 g/mol. The molecule has 0 aliphatic heterocycles. The molecule has 0 rings (SSSR count). The molecular formula is C3H4F9IO9S3. The van der Waals surface area contributed by atoms with Crippen molar-refractivity contribution in [2.24, 2.45) is 0 Å². The molecule has 0 aromatic rings. The van der Waals surface area contributed by atoms with Crippen molar-refractivity contribution in [3.63, 3.8) is 0 Å². The summed E-state index contributed by atoms with van der Waals surface area (Å²) in [6.07, 6.45) is 0. The van der Waals surface area contributed by atoms with E-state index in [0.717, 1.165) is 0 Å². The molecule has 0 spiro atoms. The number of rotatable bonds is 0. The maximum atomic E-state index is 10.7. The summed E-state index contributed by atoms with van der Waals surface area (Å²) in [6, 6.07) is 0. The minimum atomic E-state index is -5.84. The summed E-state index contributed by atoms with van der Waals surface area (Å²) in [4.78, 5) is 0. The summed E-state index contributed by atoms with van der Waals surface area (Å²) in [5.74, 6) is 0. The number of hydrogen-bond donors (Lipinski definition) is 3. The van der Waals surface area contributed by atoms with E-state index in [2.05, 4.69) is 0 Å². The largest absolute Gasteiger partial charge is 0.522 e. The van der Waals surface area contributed by atoms with Gasteiger partial charge in [-0.3, -0.25) is 13.7 Å². The van der Waals surface area contributed by atoms with Gasteiger partial charge in [-0.2, -0.15) is 64.8 Å². The molecule has 9 nitrogen and oxygen atoms in total. The smallest absolute Gasteiger partial charge is 0.279 e. The van der Waals surface area contributed by atoms with Gasteiger partial charge < -0.3 is 0 Å². The van der Waals surface area contributed by atoms with Gasteiger partial charge in [-0.25, -0.2) is 0 Å². The van der Waals surface area contributed by atoms with E-state index < -0.39 is 46.9 Å². The number of alkyl halides is 9. The Morgan fingerprint density at radius 1 is 0.440 bits per heavy atom. The molecule has 22 heteroatoms. The van der Waals surface area contributed by atoms with Gasteiger partial charge in [0.15, 0.2) is 0 Å². The van der Waals surface area contributed by atoms with Crippen LogP contribution in [-0.4, -0.2) is 55.4 Å². The minimum absolute atomic E-state index is 0. The highest BCUT2D eigenvalue weighted by Crippen LogP contribution is 2.21. The van der Waals surface area contributed by atoms with E-state index in [1.165, 1.54) is 0 Å². The van der Waals surface area contributed by atoms with Crippen LogP contribution < -0.4 is 0 Å². The molecule has 0 bridgehead atoms. The molecule has 25 heavy (non-hydrogen) atoms. The number of halogens is 10. The van der Waals surface area contributed by atoms with Crippen molar-refractivity contribution >= 4 is 54.3 Å². The van der Waals surface area contributed by atoms with E-state index in [4.69, 9.17) is 38.9 Å². The fourth-order valence-corrected chi connectivity index (χ4v) is 0. The van der Waals surface area contributed by atoms with Crippen LogP contribution in [0.3, 0.4) is 0 Å². The molecule has 0 heterocycles. The second-order valence-electron chi connectivity index (χ2n) is 2.76. The van der Waals surface area contributed by atoms with Crippen LogP contribution in [0, 0.1) is 0 Å². The normalized spacial score (nSPS) is 13.4. The Labute approximate surface area is 149 Å². The average molecular weight is 578 g/mol. The molecule has 0 unspecified atom stereocenters. The molecule has 0 saturated carbocycles. The lowest BCUT2D eigenvalue weighted by Crippen LogP contribution is -2.21. The van der Waals surface area contributed by atoms with Crippen molar-refractivity contribution in [1.82, 2.24) is 0 Å². The van der Waals surface area contributed by atoms with Crippen molar-refractivity contribution in [2.75, 3.05) is 0 Å². The van der Waals surface area contributed by atoms with Crippen LogP contribution >= 0.6 is 24.0 Å². The molecule has 0 aliphatic carbocycles. The summed E-state index contributed by atoms with van der Waals surface area (Å²) in [6.45, 7) is 0. The molecule has 0 saturated heterocycles. The summed E-state index contributed by atoms with van der Waals surface area (Å²) < 4.78 is 173. The maximum Gasteiger partial charge on any atom is 0.522 e. The van der Waals surface area contributed by atoms with E-state index in [1.807, 2.05) is 0 Å². The van der Waals surface area contributed by atoms with E-state index in [0.29, 0.717) is 0 Å². The third-order valence-electron chi connectivity index (χ3n) is 0.877. The minimum Gasteiger partial charge on any atom is -0.279 e. The van der Waals surface area contributed by atoms with E-state index in [-0.39, 0.29) is 24.0 Å². The first-order valence-electron chi connectivity index (χ1n) is 3.86. The third kappa shape index (κ3) is 15.8. The Morgan fingerprint density at radius 2 is 0.480 bits per heavy atom. The van der Waals surface area contributed by atoms with Crippen molar-refractivity contribution in [1.29, 1.82) is 0 Å². The Bertz CT molecular complexity index is 596. The van der Waals surface area contributed by atoms with E-state index in [9.17, 15) is 39.5 Å². The van der Waals surface area contributed by atoms with Gasteiger partial charge in [0.2, 0.25) is 0 Å². The molecule has 0 radical (unpaired) electrons. The van der Waals surface area contributed by atoms with Crippen LogP contribution in [0.2, 0.25) is 0 Å². The van der Waals surface area contributed by atoms with Crippen molar-refractivity contribution in [3.8, 4) is 0 Å². The maximum absolute atomic E-state index is 10.7. The Morgan fingerprint density at radius 3 is 0.480 bits per heavy atom. The van der Waals surface area contributed by atoms with Gasteiger partial charge in [0.05, 0.1) is 0 Å². The van der Waals surface area contributed by atoms with Crippen LogP contribution in [0.25, 0.3) is 0 Å². The first-order valence-corrected chi connectivity index (χ1v) is 8.18. The highest BCUT2D eigenvalue weighted by Gasteiger charge is 2.45. The van der Waals surface area contributed by atoms with Crippen LogP contribution in [0.15, 0.2) is 0 Å². The SMILES string of the molecule is I.O=S(=O)(O)C(F)(F)F.O=S(=O)(O)C(F)(F)F.O=S(=O)(O)C(F)(F)F. The third-order valence-corrected chi connectivity index (χ3v) is 2.63. The lowest BCUT2D eigenvalue weighted by Gasteiger charge is -1.97. The molecule has 0 aliphatic rings. The Kier molecular flexibility index (Phi) is 12.6. The predicted octanol–water partition coefficient (Wildman–Crippen LogP) is 1.80. The standard InChI is InChI=1S/3CHF3O3S.HI/c3*2-1(3,4)8(5,6)7;/h3*(H,5,6,7);1H. The van der Waals surface area contributed by atoms with E-state index in [1.54, 1.807) is 0 Å². The Balaban J connectivity index is -0.000000130. The summed E-state index contributed by atoms with van der Waals surface area (Å²) in [5.41, 5.74) is -16.6. The van der Waals surface area contributed by atoms with Crippen molar-refractivity contribution < 1.29 is 78.4 Å². The first-order chi connectivity index (χ1) is 9.75. The molecule has 0 amide bonds. The van der Waals surface area contributed by atoms with E-state index >= 15 is 0 Å². The van der Waals surface area contributed by atoms with Gasteiger partial charge in [-0.1, -0.05) is 0 Å². The topological polar surface area (TPSA) is 163 Å². The summed E-state index contributed by atoms with van der Waals surface area (Å²) in [5, 5.41) is 0. The zero-order chi connectivity index (χ0) is 21.0. The average Bonchev–Trinajstić information content (AvgIpc) is 2.08. The first kappa shape index (κ1) is 32.5. The van der Waals surface area contributed by atoms with Crippen LogP contribution in [0.4, 0.5) is 39.5 Å². The molecule has 158 valence electrons. The van der Waals surface area contributed by atoms with Gasteiger partial charge in [-0.05, 0) is 0 Å². The second kappa shape index (κ2) is 9.67. The van der Waals surface area contributed by atoms with Crippen molar-refractivity contribution in [3.05, 3.63) is 0 Å². The fraction of sp³-hybridized carbons (Fsp3) is 1.00. The number of hydrogen-bond acceptors (Lipinski definition) is 6. The quantitative estimate of drug-likeness (QED) is 0.168. The van der Waals surface area contributed by atoms with Crippen LogP contribution in [0.5, 0.6) is 0 Å². The zero-order valence-corrected chi connectivity index (χ0v) is 15.1. The monoisotopic (exact) mass is 578 g/mol.